The third kappa shape index (κ3) is 4.29. The Balaban J connectivity index is 1.43. The van der Waals surface area contributed by atoms with Crippen LogP contribution in [0.3, 0.4) is 0 Å². The van der Waals surface area contributed by atoms with Crippen molar-refractivity contribution in [2.45, 2.75) is 25.4 Å². The molecule has 2 aromatic heterocycles. The van der Waals surface area contributed by atoms with E-state index >= 15 is 0 Å². The molecule has 0 spiro atoms. The van der Waals surface area contributed by atoms with Crippen LogP contribution in [0, 0.1) is 0 Å². The van der Waals surface area contributed by atoms with Crippen molar-refractivity contribution in [3.63, 3.8) is 0 Å². The maximum Gasteiger partial charge on any atom is 0.317 e. The number of aromatic nitrogens is 3. The van der Waals surface area contributed by atoms with E-state index in [1.807, 2.05) is 18.2 Å². The zero-order valence-electron chi connectivity index (χ0n) is 13.6. The SMILES string of the molecule is CN(CC1CCCO1)C(=O)NCCc1nc(-c2ccccn2)no1. The average Bonchev–Trinajstić information content (AvgIpc) is 3.27. The van der Waals surface area contributed by atoms with Gasteiger partial charge in [-0.25, -0.2) is 4.79 Å². The molecular formula is C16H21N5O3. The lowest BCUT2D eigenvalue weighted by molar-refractivity contribution is 0.0875. The lowest BCUT2D eigenvalue weighted by Gasteiger charge is -2.21. The van der Waals surface area contributed by atoms with E-state index < -0.39 is 0 Å². The highest BCUT2D eigenvalue weighted by atomic mass is 16.5. The van der Waals surface area contributed by atoms with E-state index in [1.165, 1.54) is 0 Å². The highest BCUT2D eigenvalue weighted by Gasteiger charge is 2.20. The molecule has 3 heterocycles. The molecule has 1 saturated heterocycles. The Morgan fingerprint density at radius 3 is 3.12 bits per heavy atom. The second kappa shape index (κ2) is 7.87. The van der Waals surface area contributed by atoms with Gasteiger partial charge in [-0.3, -0.25) is 4.98 Å². The molecule has 2 amide bonds. The van der Waals surface area contributed by atoms with Gasteiger partial charge in [-0.2, -0.15) is 4.98 Å². The molecule has 2 aromatic rings. The molecule has 1 N–H and O–H groups in total. The Hall–Kier alpha value is -2.48. The van der Waals surface area contributed by atoms with Crippen molar-refractivity contribution in [2.24, 2.45) is 0 Å². The average molecular weight is 331 g/mol. The van der Waals surface area contributed by atoms with Gasteiger partial charge in [-0.05, 0) is 25.0 Å². The van der Waals surface area contributed by atoms with Crippen LogP contribution in [0.5, 0.6) is 0 Å². The molecule has 8 nitrogen and oxygen atoms in total. The molecule has 0 bridgehead atoms. The lowest BCUT2D eigenvalue weighted by atomic mass is 10.2. The fraction of sp³-hybridized carbons (Fsp3) is 0.500. The largest absolute Gasteiger partial charge is 0.376 e. The fourth-order valence-corrected chi connectivity index (χ4v) is 2.54. The zero-order valence-corrected chi connectivity index (χ0v) is 13.6. The Labute approximate surface area is 140 Å². The minimum Gasteiger partial charge on any atom is -0.376 e. The van der Waals surface area contributed by atoms with E-state index in [9.17, 15) is 4.79 Å². The van der Waals surface area contributed by atoms with Gasteiger partial charge in [0.05, 0.1) is 6.10 Å². The highest BCUT2D eigenvalue weighted by molar-refractivity contribution is 5.73. The summed E-state index contributed by atoms with van der Waals surface area (Å²) in [4.78, 5) is 22.1. The first-order valence-corrected chi connectivity index (χ1v) is 8.07. The van der Waals surface area contributed by atoms with E-state index in [0.717, 1.165) is 19.4 Å². The zero-order chi connectivity index (χ0) is 16.8. The van der Waals surface area contributed by atoms with Gasteiger partial charge < -0.3 is 19.5 Å². The van der Waals surface area contributed by atoms with Gasteiger partial charge in [0.25, 0.3) is 0 Å². The molecule has 1 unspecified atom stereocenters. The molecule has 1 aliphatic heterocycles. The number of urea groups is 1. The van der Waals surface area contributed by atoms with E-state index in [4.69, 9.17) is 9.26 Å². The third-order valence-corrected chi connectivity index (χ3v) is 3.83. The van der Waals surface area contributed by atoms with Crippen molar-refractivity contribution in [3.8, 4) is 11.5 Å². The Kier molecular flexibility index (Phi) is 5.37. The second-order valence-electron chi connectivity index (χ2n) is 5.72. The topological polar surface area (TPSA) is 93.4 Å². The quantitative estimate of drug-likeness (QED) is 0.862. The maximum absolute atomic E-state index is 12.0. The van der Waals surface area contributed by atoms with Crippen LogP contribution in [0.15, 0.2) is 28.9 Å². The number of likely N-dealkylation sites (N-methyl/N-ethyl adjacent to an activating group) is 1. The summed E-state index contributed by atoms with van der Waals surface area (Å²) >= 11 is 0. The van der Waals surface area contributed by atoms with Gasteiger partial charge in [-0.1, -0.05) is 11.2 Å². The molecule has 0 radical (unpaired) electrons. The van der Waals surface area contributed by atoms with Crippen LogP contribution in [-0.2, 0) is 11.2 Å². The van der Waals surface area contributed by atoms with Gasteiger partial charge >= 0.3 is 6.03 Å². The number of amides is 2. The first-order valence-electron chi connectivity index (χ1n) is 8.07. The first-order chi connectivity index (χ1) is 11.7. The van der Waals surface area contributed by atoms with Gasteiger partial charge in [0, 0.05) is 39.4 Å². The van der Waals surface area contributed by atoms with Crippen LogP contribution < -0.4 is 5.32 Å². The Morgan fingerprint density at radius 1 is 1.46 bits per heavy atom. The predicted octanol–water partition coefficient (Wildman–Crippen LogP) is 1.49. The van der Waals surface area contributed by atoms with Gasteiger partial charge in [0.1, 0.15) is 5.69 Å². The lowest BCUT2D eigenvalue weighted by Crippen LogP contribution is -2.41. The van der Waals surface area contributed by atoms with Crippen LogP contribution in [0.25, 0.3) is 11.5 Å². The van der Waals surface area contributed by atoms with Crippen LogP contribution in [0.4, 0.5) is 4.79 Å². The van der Waals surface area contributed by atoms with E-state index in [1.54, 1.807) is 18.1 Å². The van der Waals surface area contributed by atoms with E-state index in [0.29, 0.717) is 36.9 Å². The molecular weight excluding hydrogens is 310 g/mol. The summed E-state index contributed by atoms with van der Waals surface area (Å²) in [5.74, 6) is 0.921. The number of hydrogen-bond acceptors (Lipinski definition) is 6. The second-order valence-corrected chi connectivity index (χ2v) is 5.72. The molecule has 0 saturated carbocycles. The van der Waals surface area contributed by atoms with E-state index in [2.05, 4.69) is 20.4 Å². The van der Waals surface area contributed by atoms with E-state index in [-0.39, 0.29) is 12.1 Å². The van der Waals surface area contributed by atoms with Crippen molar-refractivity contribution >= 4 is 6.03 Å². The van der Waals surface area contributed by atoms with Crippen LogP contribution in [-0.4, -0.2) is 58.9 Å². The van der Waals surface area contributed by atoms with Crippen molar-refractivity contribution in [1.82, 2.24) is 25.3 Å². The molecule has 24 heavy (non-hydrogen) atoms. The van der Waals surface area contributed by atoms with Crippen molar-refractivity contribution in [1.29, 1.82) is 0 Å². The number of ether oxygens (including phenoxy) is 1. The first kappa shape index (κ1) is 16.4. The molecule has 1 aliphatic rings. The highest BCUT2D eigenvalue weighted by Crippen LogP contribution is 2.13. The summed E-state index contributed by atoms with van der Waals surface area (Å²) < 4.78 is 10.7. The Bertz CT molecular complexity index is 655. The maximum atomic E-state index is 12.0. The number of carbonyl (C=O) groups is 1. The van der Waals surface area contributed by atoms with Gasteiger partial charge in [-0.15, -0.1) is 0 Å². The summed E-state index contributed by atoms with van der Waals surface area (Å²) in [7, 11) is 1.77. The molecule has 1 fully saturated rings. The smallest absolute Gasteiger partial charge is 0.317 e. The molecule has 1 atom stereocenters. The third-order valence-electron chi connectivity index (χ3n) is 3.83. The number of nitrogens with zero attached hydrogens (tertiary/aromatic N) is 4. The minimum atomic E-state index is -0.130. The van der Waals surface area contributed by atoms with Crippen LogP contribution in [0.2, 0.25) is 0 Å². The number of hydrogen-bond donors (Lipinski definition) is 1. The summed E-state index contributed by atoms with van der Waals surface area (Å²) in [5, 5.41) is 6.74. The number of carbonyl (C=O) groups excluding carboxylic acids is 1. The van der Waals surface area contributed by atoms with Crippen molar-refractivity contribution in [3.05, 3.63) is 30.3 Å². The fourth-order valence-electron chi connectivity index (χ4n) is 2.54. The minimum absolute atomic E-state index is 0.130. The summed E-state index contributed by atoms with van der Waals surface area (Å²) in [6, 6.07) is 5.38. The van der Waals surface area contributed by atoms with Gasteiger partial charge in [0.15, 0.2) is 0 Å². The molecule has 0 aromatic carbocycles. The normalized spacial score (nSPS) is 17.0. The summed E-state index contributed by atoms with van der Waals surface area (Å²) in [6.45, 7) is 1.82. The number of nitrogens with one attached hydrogen (secondary N) is 1. The van der Waals surface area contributed by atoms with Crippen molar-refractivity contribution in [2.75, 3.05) is 26.7 Å². The van der Waals surface area contributed by atoms with Crippen LogP contribution in [0.1, 0.15) is 18.7 Å². The standard InChI is InChI=1S/C16H21N5O3/c1-21(11-12-5-4-10-23-12)16(22)18-9-7-14-19-15(20-24-14)13-6-2-3-8-17-13/h2-3,6,8,12H,4-5,7,9-11H2,1H3,(H,18,22). The predicted molar refractivity (Wildman–Crippen MR) is 86.2 cm³/mol. The molecule has 128 valence electrons. The molecule has 3 rings (SSSR count). The van der Waals surface area contributed by atoms with Crippen LogP contribution >= 0.6 is 0 Å². The number of rotatable bonds is 6. The summed E-state index contributed by atoms with van der Waals surface area (Å²) in [6.07, 6.45) is 4.37. The van der Waals surface area contributed by atoms with Gasteiger partial charge in [0.2, 0.25) is 11.7 Å². The monoisotopic (exact) mass is 331 g/mol. The Morgan fingerprint density at radius 2 is 2.38 bits per heavy atom. The summed E-state index contributed by atoms with van der Waals surface area (Å²) in [5.41, 5.74) is 0.660. The number of pyridine rings is 1. The van der Waals surface area contributed by atoms with Crippen molar-refractivity contribution < 1.29 is 14.1 Å². The molecule has 8 heteroatoms. The molecule has 0 aliphatic carbocycles.